The molecule has 4 rings (SSSR count). The zero-order chi connectivity index (χ0) is 13.5. The summed E-state index contributed by atoms with van der Waals surface area (Å²) in [6.45, 7) is 0. The molecule has 1 unspecified atom stereocenters. The molecule has 2 N–H and O–H groups in total. The molecule has 0 bridgehead atoms. The van der Waals surface area contributed by atoms with Gasteiger partial charge in [0, 0.05) is 18.3 Å². The summed E-state index contributed by atoms with van der Waals surface area (Å²) in [5, 5.41) is 4.19. The molecule has 0 aliphatic heterocycles. The van der Waals surface area contributed by atoms with Crippen LogP contribution in [0.4, 0.5) is 5.88 Å². The highest BCUT2D eigenvalue weighted by molar-refractivity contribution is 5.76. The van der Waals surface area contributed by atoms with Crippen molar-refractivity contribution in [3.05, 3.63) is 65.6 Å². The van der Waals surface area contributed by atoms with E-state index in [2.05, 4.69) is 34.4 Å². The van der Waals surface area contributed by atoms with E-state index in [1.807, 2.05) is 12.1 Å². The maximum absolute atomic E-state index is 5.96. The molecule has 2 aromatic heterocycles. The second-order valence-electron chi connectivity index (χ2n) is 5.00. The van der Waals surface area contributed by atoms with E-state index in [0.29, 0.717) is 5.88 Å². The highest BCUT2D eigenvalue weighted by atomic mass is 16.5. The average molecular weight is 263 g/mol. The van der Waals surface area contributed by atoms with Crippen molar-refractivity contribution >= 4 is 5.88 Å². The molecule has 98 valence electrons. The molecule has 0 radical (unpaired) electrons. The van der Waals surface area contributed by atoms with E-state index in [9.17, 15) is 0 Å². The number of fused-ring (bicyclic) bond motifs is 1. The first-order chi connectivity index (χ1) is 9.84. The highest BCUT2D eigenvalue weighted by Crippen LogP contribution is 2.44. The van der Waals surface area contributed by atoms with E-state index in [4.69, 9.17) is 10.3 Å². The van der Waals surface area contributed by atoms with Gasteiger partial charge in [0.05, 0.1) is 5.56 Å². The van der Waals surface area contributed by atoms with Crippen LogP contribution in [0.2, 0.25) is 0 Å². The quantitative estimate of drug-likeness (QED) is 0.771. The Hall–Kier alpha value is -2.62. The fourth-order valence-electron chi connectivity index (χ4n) is 2.87. The molecular formula is C16H13N3O. The van der Waals surface area contributed by atoms with Crippen molar-refractivity contribution in [2.45, 2.75) is 12.3 Å². The molecule has 2 heterocycles. The fourth-order valence-corrected chi connectivity index (χ4v) is 2.87. The Kier molecular flexibility index (Phi) is 2.36. The zero-order valence-corrected chi connectivity index (χ0v) is 10.8. The molecule has 0 saturated carbocycles. The van der Waals surface area contributed by atoms with E-state index in [0.717, 1.165) is 23.2 Å². The Labute approximate surface area is 116 Å². The minimum absolute atomic E-state index is 0.274. The largest absolute Gasteiger partial charge is 0.367 e. The third-order valence-electron chi connectivity index (χ3n) is 3.90. The number of anilines is 1. The summed E-state index contributed by atoms with van der Waals surface area (Å²) in [6, 6.07) is 12.3. The lowest BCUT2D eigenvalue weighted by atomic mass is 9.74. The summed E-state index contributed by atoms with van der Waals surface area (Å²) < 4.78 is 5.23. The van der Waals surface area contributed by atoms with Crippen molar-refractivity contribution in [2.75, 3.05) is 5.73 Å². The topological polar surface area (TPSA) is 64.9 Å². The zero-order valence-electron chi connectivity index (χ0n) is 10.8. The molecule has 0 spiro atoms. The molecule has 1 aliphatic carbocycles. The van der Waals surface area contributed by atoms with Crippen molar-refractivity contribution in [3.8, 4) is 11.1 Å². The maximum atomic E-state index is 5.96. The van der Waals surface area contributed by atoms with E-state index >= 15 is 0 Å². The van der Waals surface area contributed by atoms with Crippen LogP contribution in [-0.2, 0) is 6.42 Å². The molecule has 0 amide bonds. The third-order valence-corrected chi connectivity index (χ3v) is 3.90. The lowest BCUT2D eigenvalue weighted by Gasteiger charge is -2.29. The molecule has 3 aromatic rings. The first-order valence-electron chi connectivity index (χ1n) is 6.58. The van der Waals surface area contributed by atoms with E-state index < -0.39 is 0 Å². The fraction of sp³-hybridized carbons (Fsp3) is 0.125. The van der Waals surface area contributed by atoms with E-state index in [1.54, 1.807) is 12.4 Å². The second-order valence-corrected chi connectivity index (χ2v) is 5.00. The van der Waals surface area contributed by atoms with Crippen molar-refractivity contribution in [2.24, 2.45) is 0 Å². The van der Waals surface area contributed by atoms with E-state index in [1.165, 1.54) is 11.1 Å². The van der Waals surface area contributed by atoms with Gasteiger partial charge in [-0.15, -0.1) is 0 Å². The standard InChI is InChI=1S/C16H13N3O/c17-16-14(10-5-7-18-8-6-10)15(19-20-16)13-9-11-3-1-2-4-12(11)13/h1-8,13H,9,17H2. The lowest BCUT2D eigenvalue weighted by molar-refractivity contribution is 0.420. The monoisotopic (exact) mass is 263 g/mol. The molecule has 1 aliphatic rings. The number of rotatable bonds is 2. The van der Waals surface area contributed by atoms with Gasteiger partial charge in [0.2, 0.25) is 5.88 Å². The summed E-state index contributed by atoms with van der Waals surface area (Å²) in [7, 11) is 0. The number of nitrogens with two attached hydrogens (primary N) is 1. The molecule has 1 aromatic carbocycles. The SMILES string of the molecule is Nc1onc(C2Cc3ccccc32)c1-c1ccncc1. The summed E-state index contributed by atoms with van der Waals surface area (Å²) in [5.41, 5.74) is 11.5. The third kappa shape index (κ3) is 1.54. The van der Waals surface area contributed by atoms with Gasteiger partial charge in [-0.05, 0) is 35.2 Å². The molecule has 20 heavy (non-hydrogen) atoms. The Balaban J connectivity index is 1.82. The molecule has 1 atom stereocenters. The van der Waals surface area contributed by atoms with Gasteiger partial charge in [-0.3, -0.25) is 4.98 Å². The normalized spacial score (nSPS) is 16.5. The average Bonchev–Trinajstić information content (AvgIpc) is 2.83. The Morgan fingerprint density at radius 1 is 1.10 bits per heavy atom. The number of benzene rings is 1. The van der Waals surface area contributed by atoms with Crippen LogP contribution in [0.5, 0.6) is 0 Å². The van der Waals surface area contributed by atoms with Crippen LogP contribution in [0, 0.1) is 0 Å². The van der Waals surface area contributed by atoms with Crippen LogP contribution in [0.25, 0.3) is 11.1 Å². The van der Waals surface area contributed by atoms with Crippen LogP contribution in [-0.4, -0.2) is 10.1 Å². The van der Waals surface area contributed by atoms with Crippen LogP contribution in [0.1, 0.15) is 22.7 Å². The van der Waals surface area contributed by atoms with Gasteiger partial charge < -0.3 is 10.3 Å². The van der Waals surface area contributed by atoms with E-state index in [-0.39, 0.29) is 5.92 Å². The van der Waals surface area contributed by atoms with Gasteiger partial charge in [0.1, 0.15) is 5.69 Å². The summed E-state index contributed by atoms with van der Waals surface area (Å²) in [6.07, 6.45) is 4.49. The number of aromatic nitrogens is 2. The predicted molar refractivity (Wildman–Crippen MR) is 76.1 cm³/mol. The minimum atomic E-state index is 0.274. The molecule has 0 fully saturated rings. The molecule has 4 nitrogen and oxygen atoms in total. The molecule has 0 saturated heterocycles. The van der Waals surface area contributed by atoms with Crippen molar-refractivity contribution in [3.63, 3.8) is 0 Å². The number of hydrogen-bond acceptors (Lipinski definition) is 4. The first kappa shape index (κ1) is 11.2. The van der Waals surface area contributed by atoms with Gasteiger partial charge in [-0.1, -0.05) is 29.4 Å². The summed E-state index contributed by atoms with van der Waals surface area (Å²) in [5.74, 6) is 0.644. The minimum Gasteiger partial charge on any atom is -0.367 e. The van der Waals surface area contributed by atoms with Gasteiger partial charge in [0.25, 0.3) is 0 Å². The van der Waals surface area contributed by atoms with Gasteiger partial charge >= 0.3 is 0 Å². The van der Waals surface area contributed by atoms with Gasteiger partial charge in [-0.2, -0.15) is 0 Å². The van der Waals surface area contributed by atoms with Crippen molar-refractivity contribution in [1.29, 1.82) is 0 Å². The van der Waals surface area contributed by atoms with Gasteiger partial charge in [-0.25, -0.2) is 0 Å². The Bertz CT molecular complexity index is 764. The first-order valence-corrected chi connectivity index (χ1v) is 6.58. The number of nitrogen functional groups attached to an aromatic ring is 1. The smallest absolute Gasteiger partial charge is 0.230 e. The number of hydrogen-bond donors (Lipinski definition) is 1. The maximum Gasteiger partial charge on any atom is 0.230 e. The highest BCUT2D eigenvalue weighted by Gasteiger charge is 2.33. The van der Waals surface area contributed by atoms with Crippen LogP contribution in [0.15, 0.2) is 53.3 Å². The Morgan fingerprint density at radius 2 is 1.90 bits per heavy atom. The number of pyridine rings is 1. The summed E-state index contributed by atoms with van der Waals surface area (Å²) >= 11 is 0. The number of nitrogens with zero attached hydrogens (tertiary/aromatic N) is 2. The molecule has 4 heteroatoms. The summed E-state index contributed by atoms with van der Waals surface area (Å²) in [4.78, 5) is 4.04. The Morgan fingerprint density at radius 3 is 2.70 bits per heavy atom. The molecular weight excluding hydrogens is 250 g/mol. The van der Waals surface area contributed by atoms with Crippen LogP contribution < -0.4 is 5.73 Å². The van der Waals surface area contributed by atoms with Crippen molar-refractivity contribution in [1.82, 2.24) is 10.1 Å². The van der Waals surface area contributed by atoms with Crippen LogP contribution >= 0.6 is 0 Å². The van der Waals surface area contributed by atoms with Crippen molar-refractivity contribution < 1.29 is 4.52 Å². The second kappa shape index (κ2) is 4.20. The van der Waals surface area contributed by atoms with Gasteiger partial charge in [0.15, 0.2) is 0 Å². The predicted octanol–water partition coefficient (Wildman–Crippen LogP) is 3.01. The van der Waals surface area contributed by atoms with Crippen LogP contribution in [0.3, 0.4) is 0 Å². The lowest BCUT2D eigenvalue weighted by Crippen LogP contribution is -2.18.